The van der Waals surface area contributed by atoms with Crippen molar-refractivity contribution in [2.24, 2.45) is 5.41 Å². The molecule has 1 atom stereocenters. The van der Waals surface area contributed by atoms with Crippen LogP contribution >= 0.6 is 0 Å². The van der Waals surface area contributed by atoms with E-state index in [-0.39, 0.29) is 17.4 Å². The lowest BCUT2D eigenvalue weighted by molar-refractivity contribution is 0.0115. The zero-order valence-electron chi connectivity index (χ0n) is 15.7. The lowest BCUT2D eigenvalue weighted by Gasteiger charge is -2.48. The number of nitrogens with zero attached hydrogens (tertiary/aromatic N) is 5. The van der Waals surface area contributed by atoms with Gasteiger partial charge in [-0.2, -0.15) is 4.98 Å². The minimum Gasteiger partial charge on any atom is -0.337 e. The summed E-state index contributed by atoms with van der Waals surface area (Å²) in [5.41, 5.74) is 1.67. The SMILES string of the molecule is CN1CC2(CC1c1noc(-c3ccccc3)n1)CN(C(=O)c1cccnc1)C2. The molecule has 2 aliphatic heterocycles. The first kappa shape index (κ1) is 17.1. The van der Waals surface area contributed by atoms with Crippen LogP contribution in [0.15, 0.2) is 59.4 Å². The maximum absolute atomic E-state index is 12.6. The molecule has 28 heavy (non-hydrogen) atoms. The van der Waals surface area contributed by atoms with Crippen molar-refractivity contribution < 1.29 is 9.32 Å². The van der Waals surface area contributed by atoms with Gasteiger partial charge in [0.25, 0.3) is 11.8 Å². The third-order valence-electron chi connectivity index (χ3n) is 5.75. The van der Waals surface area contributed by atoms with Crippen LogP contribution in [0, 0.1) is 5.41 Å². The number of hydrogen-bond acceptors (Lipinski definition) is 6. The van der Waals surface area contributed by atoms with Crippen molar-refractivity contribution in [3.63, 3.8) is 0 Å². The van der Waals surface area contributed by atoms with E-state index in [4.69, 9.17) is 4.52 Å². The second-order valence-corrected chi connectivity index (χ2v) is 7.86. The Balaban J connectivity index is 1.28. The first-order valence-corrected chi connectivity index (χ1v) is 9.42. The molecular weight excluding hydrogens is 354 g/mol. The fourth-order valence-corrected chi connectivity index (χ4v) is 4.43. The van der Waals surface area contributed by atoms with Gasteiger partial charge >= 0.3 is 0 Å². The number of amides is 1. The minimum atomic E-state index is 0.0516. The Morgan fingerprint density at radius 1 is 1.14 bits per heavy atom. The molecule has 0 N–H and O–H groups in total. The highest BCUT2D eigenvalue weighted by molar-refractivity contribution is 5.94. The monoisotopic (exact) mass is 375 g/mol. The largest absolute Gasteiger partial charge is 0.337 e. The molecule has 2 saturated heterocycles. The van der Waals surface area contributed by atoms with Gasteiger partial charge in [-0.15, -0.1) is 0 Å². The van der Waals surface area contributed by atoms with Gasteiger partial charge in [-0.25, -0.2) is 0 Å². The third-order valence-corrected chi connectivity index (χ3v) is 5.75. The van der Waals surface area contributed by atoms with Crippen LogP contribution < -0.4 is 0 Å². The smallest absolute Gasteiger partial charge is 0.257 e. The molecule has 7 nitrogen and oxygen atoms in total. The van der Waals surface area contributed by atoms with E-state index in [1.54, 1.807) is 18.5 Å². The Kier molecular flexibility index (Phi) is 3.98. The highest BCUT2D eigenvalue weighted by Gasteiger charge is 2.53. The van der Waals surface area contributed by atoms with Crippen LogP contribution in [0.2, 0.25) is 0 Å². The van der Waals surface area contributed by atoms with Crippen molar-refractivity contribution in [1.29, 1.82) is 0 Å². The van der Waals surface area contributed by atoms with Crippen molar-refractivity contribution in [1.82, 2.24) is 24.9 Å². The molecule has 1 unspecified atom stereocenters. The lowest BCUT2D eigenvalue weighted by Crippen LogP contribution is -2.59. The molecule has 2 aliphatic rings. The van der Waals surface area contributed by atoms with Gasteiger partial charge in [-0.3, -0.25) is 14.7 Å². The minimum absolute atomic E-state index is 0.0516. The van der Waals surface area contributed by atoms with E-state index in [1.807, 2.05) is 41.3 Å². The number of likely N-dealkylation sites (tertiary alicyclic amines) is 2. The summed E-state index contributed by atoms with van der Waals surface area (Å²) < 4.78 is 5.49. The van der Waals surface area contributed by atoms with Gasteiger partial charge in [-0.05, 0) is 37.7 Å². The van der Waals surface area contributed by atoms with Crippen molar-refractivity contribution in [2.75, 3.05) is 26.7 Å². The van der Waals surface area contributed by atoms with Crippen LogP contribution in [0.4, 0.5) is 0 Å². The van der Waals surface area contributed by atoms with E-state index in [0.29, 0.717) is 11.5 Å². The molecule has 4 heterocycles. The molecule has 2 fully saturated rings. The van der Waals surface area contributed by atoms with Crippen LogP contribution in [-0.2, 0) is 0 Å². The number of rotatable bonds is 3. The van der Waals surface area contributed by atoms with E-state index in [2.05, 4.69) is 27.1 Å². The first-order valence-electron chi connectivity index (χ1n) is 9.42. The van der Waals surface area contributed by atoms with Crippen LogP contribution in [0.5, 0.6) is 0 Å². The predicted octanol–water partition coefficient (Wildman–Crippen LogP) is 2.65. The van der Waals surface area contributed by atoms with Crippen molar-refractivity contribution >= 4 is 5.91 Å². The van der Waals surface area contributed by atoms with Crippen LogP contribution in [0.1, 0.15) is 28.6 Å². The molecule has 0 aliphatic carbocycles. The van der Waals surface area contributed by atoms with Gasteiger partial charge in [0.15, 0.2) is 5.82 Å². The first-order chi connectivity index (χ1) is 13.6. The Morgan fingerprint density at radius 3 is 2.71 bits per heavy atom. The van der Waals surface area contributed by atoms with E-state index >= 15 is 0 Å². The van der Waals surface area contributed by atoms with Gasteiger partial charge in [0.2, 0.25) is 0 Å². The molecule has 2 aromatic heterocycles. The fourth-order valence-electron chi connectivity index (χ4n) is 4.43. The van der Waals surface area contributed by atoms with Crippen molar-refractivity contribution in [3.8, 4) is 11.5 Å². The predicted molar refractivity (Wildman–Crippen MR) is 102 cm³/mol. The molecular formula is C21H21N5O2. The average molecular weight is 375 g/mol. The highest BCUT2D eigenvalue weighted by Crippen LogP contribution is 2.47. The summed E-state index contributed by atoms with van der Waals surface area (Å²) in [5, 5.41) is 4.23. The van der Waals surface area contributed by atoms with E-state index in [0.717, 1.165) is 37.4 Å². The van der Waals surface area contributed by atoms with Gasteiger partial charge in [-0.1, -0.05) is 23.4 Å². The number of carbonyl (C=O) groups is 1. The number of pyridine rings is 1. The van der Waals surface area contributed by atoms with Crippen LogP contribution in [-0.4, -0.2) is 57.5 Å². The third kappa shape index (κ3) is 2.88. The summed E-state index contributed by atoms with van der Waals surface area (Å²) in [6, 6.07) is 13.5. The topological polar surface area (TPSA) is 75.4 Å². The van der Waals surface area contributed by atoms with Crippen molar-refractivity contribution in [2.45, 2.75) is 12.5 Å². The second kappa shape index (κ2) is 6.53. The summed E-state index contributed by atoms with van der Waals surface area (Å²) in [5.74, 6) is 1.32. The van der Waals surface area contributed by atoms with E-state index in [1.165, 1.54) is 0 Å². The second-order valence-electron chi connectivity index (χ2n) is 7.86. The fraction of sp³-hybridized carbons (Fsp3) is 0.333. The number of benzene rings is 1. The maximum Gasteiger partial charge on any atom is 0.257 e. The number of aromatic nitrogens is 3. The molecule has 0 radical (unpaired) electrons. The molecule has 5 rings (SSSR count). The molecule has 0 saturated carbocycles. The average Bonchev–Trinajstić information content (AvgIpc) is 3.32. The summed E-state index contributed by atoms with van der Waals surface area (Å²) in [6.45, 7) is 2.43. The van der Waals surface area contributed by atoms with Gasteiger partial charge in [0, 0.05) is 43.0 Å². The van der Waals surface area contributed by atoms with Gasteiger partial charge < -0.3 is 9.42 Å². The number of hydrogen-bond donors (Lipinski definition) is 0. The molecule has 0 bridgehead atoms. The molecule has 3 aromatic rings. The summed E-state index contributed by atoms with van der Waals surface area (Å²) >= 11 is 0. The van der Waals surface area contributed by atoms with Crippen LogP contribution in [0.3, 0.4) is 0 Å². The van der Waals surface area contributed by atoms with Gasteiger partial charge in [0.1, 0.15) is 0 Å². The van der Waals surface area contributed by atoms with Crippen molar-refractivity contribution in [3.05, 3.63) is 66.2 Å². The maximum atomic E-state index is 12.6. The molecule has 1 amide bonds. The highest BCUT2D eigenvalue weighted by atomic mass is 16.5. The van der Waals surface area contributed by atoms with E-state index < -0.39 is 0 Å². The Hall–Kier alpha value is -3.06. The summed E-state index contributed by atoms with van der Waals surface area (Å²) in [7, 11) is 2.09. The summed E-state index contributed by atoms with van der Waals surface area (Å²) in [4.78, 5) is 25.4. The van der Waals surface area contributed by atoms with E-state index in [9.17, 15) is 4.79 Å². The van der Waals surface area contributed by atoms with Gasteiger partial charge in [0.05, 0.1) is 11.6 Å². The Bertz CT molecular complexity index is 982. The zero-order valence-corrected chi connectivity index (χ0v) is 15.7. The standard InChI is InChI=1S/C21H21N5O2/c1-25-12-21(13-26(14-21)20(27)16-8-5-9-22-11-16)10-17(25)18-23-19(28-24-18)15-6-3-2-4-7-15/h2-9,11,17H,10,12-14H2,1H3. The normalized spacial score (nSPS) is 21.0. The quantitative estimate of drug-likeness (QED) is 0.701. The van der Waals surface area contributed by atoms with Crippen LogP contribution in [0.25, 0.3) is 11.5 Å². The molecule has 1 aromatic carbocycles. The molecule has 1 spiro atoms. The Labute approximate surface area is 163 Å². The molecule has 142 valence electrons. The molecule has 7 heteroatoms. The number of carbonyl (C=O) groups excluding carboxylic acids is 1. The zero-order chi connectivity index (χ0) is 19.1. The summed E-state index contributed by atoms with van der Waals surface area (Å²) in [6.07, 6.45) is 4.23. The lowest BCUT2D eigenvalue weighted by atomic mass is 9.77. The Morgan fingerprint density at radius 2 is 1.96 bits per heavy atom.